The molecule has 0 bridgehead atoms. The van der Waals surface area contributed by atoms with Gasteiger partial charge >= 0.3 is 5.97 Å². The van der Waals surface area contributed by atoms with Crippen molar-refractivity contribution < 1.29 is 23.7 Å². The van der Waals surface area contributed by atoms with E-state index in [0.29, 0.717) is 19.6 Å². The molecule has 4 unspecified atom stereocenters. The lowest BCUT2D eigenvalue weighted by atomic mass is 10.1. The minimum absolute atomic E-state index is 0.00569. The second-order valence-corrected chi connectivity index (χ2v) is 11.0. The van der Waals surface area contributed by atoms with Crippen molar-refractivity contribution in [3.8, 4) is 0 Å². The fourth-order valence-electron chi connectivity index (χ4n) is 5.54. The Morgan fingerprint density at radius 2 is 1.38 bits per heavy atom. The lowest BCUT2D eigenvalue weighted by Gasteiger charge is -2.34. The number of methoxy groups -OCH3 is 1. The molecule has 3 rings (SSSR count). The molecule has 40 heavy (non-hydrogen) atoms. The molecule has 6 heteroatoms. The number of likely N-dealkylation sites (N-methyl/N-ethyl adjacent to an activating group) is 1. The number of nitrogens with zero attached hydrogens (tertiary/aromatic N) is 1. The van der Waals surface area contributed by atoms with Gasteiger partial charge in [-0.25, -0.2) is 0 Å². The number of carbonyl (C=O) groups excluding carboxylic acids is 1. The maximum atomic E-state index is 11.5. The highest BCUT2D eigenvalue weighted by Gasteiger charge is 2.47. The molecule has 0 heterocycles. The van der Waals surface area contributed by atoms with Crippen molar-refractivity contribution in [2.45, 2.75) is 109 Å². The SMILES string of the molecule is CCCCCCCOC1C(OCc2ccccc2)CC(OCc2ccccc2)C1N(C)CCCCCC(=O)OC. The molecule has 6 nitrogen and oxygen atoms in total. The lowest BCUT2D eigenvalue weighted by Crippen LogP contribution is -2.48. The van der Waals surface area contributed by atoms with Crippen molar-refractivity contribution in [3.63, 3.8) is 0 Å². The van der Waals surface area contributed by atoms with Gasteiger partial charge in [-0.15, -0.1) is 0 Å². The van der Waals surface area contributed by atoms with Gasteiger partial charge in [0.25, 0.3) is 0 Å². The third-order valence-electron chi connectivity index (χ3n) is 7.85. The van der Waals surface area contributed by atoms with Gasteiger partial charge in [0.15, 0.2) is 0 Å². The topological polar surface area (TPSA) is 57.2 Å². The monoisotopic (exact) mass is 553 g/mol. The number of unbranched alkanes of at least 4 members (excludes halogenated alkanes) is 6. The first-order chi connectivity index (χ1) is 19.6. The summed E-state index contributed by atoms with van der Waals surface area (Å²) in [6.45, 7) is 5.05. The third kappa shape index (κ3) is 11.3. The Hall–Kier alpha value is -2.25. The molecule has 1 saturated carbocycles. The lowest BCUT2D eigenvalue weighted by molar-refractivity contribution is -0.140. The molecule has 0 amide bonds. The van der Waals surface area contributed by atoms with Crippen LogP contribution >= 0.6 is 0 Å². The summed E-state index contributed by atoms with van der Waals surface area (Å²) in [5.41, 5.74) is 2.35. The maximum absolute atomic E-state index is 11.5. The highest BCUT2D eigenvalue weighted by atomic mass is 16.6. The van der Waals surface area contributed by atoms with Gasteiger partial charge in [0, 0.05) is 19.4 Å². The predicted octanol–water partition coefficient (Wildman–Crippen LogP) is 6.95. The normalized spacial score (nSPS) is 20.7. The summed E-state index contributed by atoms with van der Waals surface area (Å²) in [6, 6.07) is 20.8. The van der Waals surface area contributed by atoms with Crippen molar-refractivity contribution in [1.82, 2.24) is 4.90 Å². The standard InChI is InChI=1S/C34H51NO5/c1-4-5-6-7-17-24-38-34-31(40-27-29-20-13-9-14-21-29)25-30(39-26-28-18-11-8-12-19-28)33(34)35(2)23-16-10-15-22-32(36)37-3/h8-9,11-14,18-21,30-31,33-34H,4-7,10,15-17,22-27H2,1-3H3. The number of esters is 1. The Morgan fingerprint density at radius 3 is 2.00 bits per heavy atom. The van der Waals surface area contributed by atoms with Crippen molar-refractivity contribution in [2.75, 3.05) is 27.3 Å². The van der Waals surface area contributed by atoms with Crippen LogP contribution in [0.2, 0.25) is 0 Å². The van der Waals surface area contributed by atoms with E-state index in [1.54, 1.807) is 0 Å². The molecular weight excluding hydrogens is 502 g/mol. The highest BCUT2D eigenvalue weighted by Crippen LogP contribution is 2.33. The van der Waals surface area contributed by atoms with Gasteiger partial charge in [0.05, 0.1) is 38.6 Å². The molecule has 2 aromatic carbocycles. The predicted molar refractivity (Wildman–Crippen MR) is 160 cm³/mol. The van der Waals surface area contributed by atoms with Crippen molar-refractivity contribution in [2.24, 2.45) is 0 Å². The molecule has 2 aromatic rings. The van der Waals surface area contributed by atoms with Crippen LogP contribution in [0.3, 0.4) is 0 Å². The van der Waals surface area contributed by atoms with Crippen LogP contribution in [-0.4, -0.2) is 62.5 Å². The van der Waals surface area contributed by atoms with Gasteiger partial charge in [-0.2, -0.15) is 0 Å². The van der Waals surface area contributed by atoms with E-state index < -0.39 is 0 Å². The fourth-order valence-corrected chi connectivity index (χ4v) is 5.54. The zero-order valence-corrected chi connectivity index (χ0v) is 25.0. The summed E-state index contributed by atoms with van der Waals surface area (Å²) < 4.78 is 24.6. The smallest absolute Gasteiger partial charge is 0.305 e. The molecule has 1 aliphatic carbocycles. The first-order valence-electron chi connectivity index (χ1n) is 15.3. The van der Waals surface area contributed by atoms with E-state index in [-0.39, 0.29) is 30.3 Å². The number of rotatable bonds is 20. The molecule has 0 spiro atoms. The van der Waals surface area contributed by atoms with E-state index in [0.717, 1.165) is 45.3 Å². The summed E-state index contributed by atoms with van der Waals surface area (Å²) in [5.74, 6) is -0.135. The summed E-state index contributed by atoms with van der Waals surface area (Å²) in [7, 11) is 3.63. The summed E-state index contributed by atoms with van der Waals surface area (Å²) in [6.07, 6.45) is 10.1. The second-order valence-electron chi connectivity index (χ2n) is 11.0. The number of carbonyl (C=O) groups is 1. The van der Waals surface area contributed by atoms with Gasteiger partial charge in [0.2, 0.25) is 0 Å². The van der Waals surface area contributed by atoms with Gasteiger partial charge in [0.1, 0.15) is 6.10 Å². The quantitative estimate of drug-likeness (QED) is 0.131. The Bertz CT molecular complexity index is 924. The molecular formula is C34H51NO5. The Balaban J connectivity index is 1.68. The molecule has 0 radical (unpaired) electrons. The molecule has 4 atom stereocenters. The molecule has 1 fully saturated rings. The van der Waals surface area contributed by atoms with Crippen LogP contribution in [0.5, 0.6) is 0 Å². The highest BCUT2D eigenvalue weighted by molar-refractivity contribution is 5.68. The van der Waals surface area contributed by atoms with E-state index in [1.807, 2.05) is 12.1 Å². The molecule has 0 N–H and O–H groups in total. The summed E-state index contributed by atoms with van der Waals surface area (Å²) in [4.78, 5) is 13.9. The number of benzene rings is 2. The van der Waals surface area contributed by atoms with Gasteiger partial charge in [-0.1, -0.05) is 99.7 Å². The van der Waals surface area contributed by atoms with Crippen molar-refractivity contribution in [3.05, 3.63) is 71.8 Å². The summed E-state index contributed by atoms with van der Waals surface area (Å²) >= 11 is 0. The third-order valence-corrected chi connectivity index (χ3v) is 7.85. The average molecular weight is 554 g/mol. The Labute approximate surface area is 242 Å². The Kier molecular flexibility index (Phi) is 15.3. The first kappa shape index (κ1) is 32.3. The van der Waals surface area contributed by atoms with Crippen LogP contribution in [0.25, 0.3) is 0 Å². The van der Waals surface area contributed by atoms with E-state index in [2.05, 4.69) is 67.4 Å². The molecule has 1 aliphatic rings. The van der Waals surface area contributed by atoms with Crippen LogP contribution in [0.4, 0.5) is 0 Å². The second kappa shape index (κ2) is 19.0. The van der Waals surface area contributed by atoms with Gasteiger partial charge < -0.3 is 18.9 Å². The van der Waals surface area contributed by atoms with E-state index in [9.17, 15) is 4.79 Å². The fraction of sp³-hybridized carbons (Fsp3) is 0.618. The average Bonchev–Trinajstić information content (AvgIpc) is 3.34. The Morgan fingerprint density at radius 1 is 0.775 bits per heavy atom. The van der Waals surface area contributed by atoms with E-state index >= 15 is 0 Å². The molecule has 0 aliphatic heterocycles. The largest absolute Gasteiger partial charge is 0.469 e. The zero-order chi connectivity index (χ0) is 28.4. The molecule has 0 aromatic heterocycles. The van der Waals surface area contributed by atoms with Crippen LogP contribution in [0, 0.1) is 0 Å². The van der Waals surface area contributed by atoms with E-state index in [4.69, 9.17) is 18.9 Å². The van der Waals surface area contributed by atoms with Crippen LogP contribution in [0.1, 0.15) is 82.3 Å². The van der Waals surface area contributed by atoms with Crippen LogP contribution in [-0.2, 0) is 37.0 Å². The minimum Gasteiger partial charge on any atom is -0.469 e. The van der Waals surface area contributed by atoms with Crippen LogP contribution in [0.15, 0.2) is 60.7 Å². The van der Waals surface area contributed by atoms with Crippen molar-refractivity contribution in [1.29, 1.82) is 0 Å². The summed E-state index contributed by atoms with van der Waals surface area (Å²) in [5, 5.41) is 0. The first-order valence-corrected chi connectivity index (χ1v) is 15.3. The molecule has 222 valence electrons. The van der Waals surface area contributed by atoms with E-state index in [1.165, 1.54) is 43.9 Å². The van der Waals surface area contributed by atoms with Crippen molar-refractivity contribution >= 4 is 5.97 Å². The maximum Gasteiger partial charge on any atom is 0.305 e. The minimum atomic E-state index is -0.135. The van der Waals surface area contributed by atoms with Gasteiger partial charge in [-0.3, -0.25) is 9.69 Å². The van der Waals surface area contributed by atoms with Gasteiger partial charge in [-0.05, 0) is 44.0 Å². The molecule has 0 saturated heterocycles. The number of ether oxygens (including phenoxy) is 4. The van der Waals surface area contributed by atoms with Crippen LogP contribution < -0.4 is 0 Å². The zero-order valence-electron chi connectivity index (χ0n) is 25.0. The number of hydrogen-bond donors (Lipinski definition) is 0. The number of hydrogen-bond acceptors (Lipinski definition) is 6.